The summed E-state index contributed by atoms with van der Waals surface area (Å²) in [5, 5.41) is 12.1. The largest absolute Gasteiger partial charge is 0.508 e. The van der Waals surface area contributed by atoms with Crippen molar-refractivity contribution >= 4 is 11.8 Å². The van der Waals surface area contributed by atoms with E-state index in [-0.39, 0.29) is 17.5 Å². The van der Waals surface area contributed by atoms with Crippen LogP contribution in [0, 0.1) is 0 Å². The number of nitrogens with zero attached hydrogens (tertiary/aromatic N) is 1. The number of likely N-dealkylation sites (tertiary alicyclic amines) is 1. The zero-order chi connectivity index (χ0) is 18.6. The standard InChI is InChI=1S/C17H21F3N2O3/c1-2-6-22-7-5-13(3-4-15(22)24)21-16(25)11-8-12(17(18,19)20)10-14(23)9-11/h8-10,13,23H,2-7H2,1H3,(H,21,25). The van der Waals surface area contributed by atoms with E-state index in [1.165, 1.54) is 0 Å². The van der Waals surface area contributed by atoms with Gasteiger partial charge in [-0.3, -0.25) is 9.59 Å². The van der Waals surface area contributed by atoms with E-state index in [9.17, 15) is 27.9 Å². The van der Waals surface area contributed by atoms with Crippen LogP contribution in [0.1, 0.15) is 48.5 Å². The highest BCUT2D eigenvalue weighted by Crippen LogP contribution is 2.32. The van der Waals surface area contributed by atoms with Crippen LogP contribution in [0.3, 0.4) is 0 Å². The lowest BCUT2D eigenvalue weighted by Gasteiger charge is -2.20. The maximum absolute atomic E-state index is 12.8. The normalized spacial score (nSPS) is 18.8. The summed E-state index contributed by atoms with van der Waals surface area (Å²) in [7, 11) is 0. The molecule has 0 bridgehead atoms. The van der Waals surface area contributed by atoms with Gasteiger partial charge >= 0.3 is 6.18 Å². The minimum Gasteiger partial charge on any atom is -0.508 e. The van der Waals surface area contributed by atoms with Gasteiger partial charge in [0.25, 0.3) is 5.91 Å². The molecule has 2 N–H and O–H groups in total. The number of benzene rings is 1. The Morgan fingerprint density at radius 2 is 2.04 bits per heavy atom. The minimum atomic E-state index is -4.65. The van der Waals surface area contributed by atoms with Crippen LogP contribution in [0.5, 0.6) is 5.75 Å². The van der Waals surface area contributed by atoms with Gasteiger partial charge in [0, 0.05) is 31.1 Å². The summed E-state index contributed by atoms with van der Waals surface area (Å²) in [6.45, 7) is 3.13. The number of phenolic OH excluding ortho intramolecular Hbond substituents is 1. The fourth-order valence-electron chi connectivity index (χ4n) is 2.86. The number of halogens is 3. The molecule has 0 aliphatic carbocycles. The summed E-state index contributed by atoms with van der Waals surface area (Å²) in [6.07, 6.45) is -2.54. The highest BCUT2D eigenvalue weighted by Gasteiger charge is 2.32. The number of hydrogen-bond donors (Lipinski definition) is 2. The monoisotopic (exact) mass is 358 g/mol. The van der Waals surface area contributed by atoms with Gasteiger partial charge in [0.05, 0.1) is 5.56 Å². The van der Waals surface area contributed by atoms with Crippen molar-refractivity contribution in [2.45, 2.75) is 44.8 Å². The topological polar surface area (TPSA) is 69.6 Å². The molecule has 5 nitrogen and oxygen atoms in total. The Hall–Kier alpha value is -2.25. The van der Waals surface area contributed by atoms with Crippen molar-refractivity contribution in [1.82, 2.24) is 10.2 Å². The van der Waals surface area contributed by atoms with Gasteiger partial charge in [-0.25, -0.2) is 0 Å². The van der Waals surface area contributed by atoms with E-state index in [0.717, 1.165) is 12.5 Å². The highest BCUT2D eigenvalue weighted by molar-refractivity contribution is 5.95. The van der Waals surface area contributed by atoms with Gasteiger partial charge in [-0.1, -0.05) is 6.92 Å². The molecule has 1 saturated heterocycles. The first-order chi connectivity index (χ1) is 11.7. The number of carbonyl (C=O) groups is 2. The molecule has 0 saturated carbocycles. The van der Waals surface area contributed by atoms with E-state index in [1.807, 2.05) is 6.92 Å². The van der Waals surface area contributed by atoms with Gasteiger partial charge in [0.15, 0.2) is 0 Å². The Bertz CT molecular complexity index is 647. The van der Waals surface area contributed by atoms with Crippen molar-refractivity contribution in [3.05, 3.63) is 29.3 Å². The lowest BCUT2D eigenvalue weighted by Crippen LogP contribution is -2.36. The van der Waals surface area contributed by atoms with Crippen molar-refractivity contribution in [2.24, 2.45) is 0 Å². The van der Waals surface area contributed by atoms with Gasteiger partial charge in [-0.05, 0) is 37.5 Å². The average molecular weight is 358 g/mol. The second-order valence-electron chi connectivity index (χ2n) is 6.14. The molecule has 0 radical (unpaired) electrons. The van der Waals surface area contributed by atoms with Gasteiger partial charge < -0.3 is 15.3 Å². The van der Waals surface area contributed by atoms with Crippen molar-refractivity contribution in [1.29, 1.82) is 0 Å². The van der Waals surface area contributed by atoms with Gasteiger partial charge in [-0.15, -0.1) is 0 Å². The van der Waals surface area contributed by atoms with Crippen LogP contribution in [-0.4, -0.2) is 41.0 Å². The summed E-state index contributed by atoms with van der Waals surface area (Å²) < 4.78 is 38.4. The first-order valence-electron chi connectivity index (χ1n) is 8.20. The van der Waals surface area contributed by atoms with E-state index in [0.29, 0.717) is 44.5 Å². The van der Waals surface area contributed by atoms with Crippen LogP contribution in [-0.2, 0) is 11.0 Å². The molecule has 0 aromatic heterocycles. The molecule has 1 heterocycles. The summed E-state index contributed by atoms with van der Waals surface area (Å²) in [4.78, 5) is 26.0. The minimum absolute atomic E-state index is 0.0234. The molecule has 1 atom stereocenters. The molecule has 1 unspecified atom stereocenters. The van der Waals surface area contributed by atoms with Crippen LogP contribution < -0.4 is 5.32 Å². The van der Waals surface area contributed by atoms with E-state index >= 15 is 0 Å². The summed E-state index contributed by atoms with van der Waals surface area (Å²) in [5.74, 6) is -1.29. The van der Waals surface area contributed by atoms with Crippen LogP contribution in [0.25, 0.3) is 0 Å². The predicted molar refractivity (Wildman–Crippen MR) is 85.1 cm³/mol. The molecule has 138 valence electrons. The average Bonchev–Trinajstić information content (AvgIpc) is 2.69. The van der Waals surface area contributed by atoms with E-state index in [2.05, 4.69) is 5.32 Å². The van der Waals surface area contributed by atoms with Crippen molar-refractivity contribution in [3.8, 4) is 5.75 Å². The van der Waals surface area contributed by atoms with Gasteiger partial charge in [-0.2, -0.15) is 13.2 Å². The highest BCUT2D eigenvalue weighted by atomic mass is 19.4. The number of carbonyl (C=O) groups excluding carboxylic acids is 2. The predicted octanol–water partition coefficient (Wildman–Crippen LogP) is 2.93. The smallest absolute Gasteiger partial charge is 0.416 e. The quantitative estimate of drug-likeness (QED) is 0.869. The zero-order valence-corrected chi connectivity index (χ0v) is 13.9. The number of nitrogens with one attached hydrogen (secondary N) is 1. The zero-order valence-electron chi connectivity index (χ0n) is 13.9. The Morgan fingerprint density at radius 1 is 1.32 bits per heavy atom. The molecule has 2 rings (SSSR count). The third kappa shape index (κ3) is 5.11. The van der Waals surface area contributed by atoms with Gasteiger partial charge in [0.1, 0.15) is 5.75 Å². The number of hydrogen-bond acceptors (Lipinski definition) is 3. The molecule has 25 heavy (non-hydrogen) atoms. The van der Waals surface area contributed by atoms with E-state index in [1.54, 1.807) is 4.90 Å². The number of aromatic hydroxyl groups is 1. The first kappa shape index (κ1) is 19.1. The van der Waals surface area contributed by atoms with Crippen LogP contribution >= 0.6 is 0 Å². The fraction of sp³-hybridized carbons (Fsp3) is 0.529. The molecular weight excluding hydrogens is 337 g/mol. The number of rotatable bonds is 4. The second kappa shape index (κ2) is 7.76. The fourth-order valence-corrected chi connectivity index (χ4v) is 2.86. The van der Waals surface area contributed by atoms with Crippen LogP contribution in [0.2, 0.25) is 0 Å². The Labute approximate surface area is 143 Å². The number of alkyl halides is 3. The summed E-state index contributed by atoms with van der Waals surface area (Å²) >= 11 is 0. The lowest BCUT2D eigenvalue weighted by atomic mass is 10.1. The third-order valence-electron chi connectivity index (χ3n) is 4.14. The molecule has 1 aliphatic rings. The maximum atomic E-state index is 12.8. The lowest BCUT2D eigenvalue weighted by molar-refractivity contribution is -0.137. The Kier molecular flexibility index (Phi) is 5.92. The third-order valence-corrected chi connectivity index (χ3v) is 4.14. The number of amides is 2. The SMILES string of the molecule is CCCN1CCC(NC(=O)c2cc(O)cc(C(F)(F)F)c2)CCC1=O. The Balaban J connectivity index is 2.07. The molecule has 8 heteroatoms. The maximum Gasteiger partial charge on any atom is 0.416 e. The van der Waals surface area contributed by atoms with Crippen molar-refractivity contribution < 1.29 is 27.9 Å². The van der Waals surface area contributed by atoms with E-state index < -0.39 is 23.4 Å². The molecule has 1 fully saturated rings. The van der Waals surface area contributed by atoms with E-state index in [4.69, 9.17) is 0 Å². The van der Waals surface area contributed by atoms with Gasteiger partial charge in [0.2, 0.25) is 5.91 Å². The molecule has 1 aliphatic heterocycles. The Morgan fingerprint density at radius 3 is 2.68 bits per heavy atom. The molecule has 0 spiro atoms. The molecule has 2 amide bonds. The van der Waals surface area contributed by atoms with Crippen LogP contribution in [0.15, 0.2) is 18.2 Å². The summed E-state index contributed by atoms with van der Waals surface area (Å²) in [6, 6.07) is 1.98. The van der Waals surface area contributed by atoms with Crippen molar-refractivity contribution in [2.75, 3.05) is 13.1 Å². The summed E-state index contributed by atoms with van der Waals surface area (Å²) in [5.41, 5.74) is -1.34. The molecular formula is C17H21F3N2O3. The molecule has 1 aromatic carbocycles. The first-order valence-corrected chi connectivity index (χ1v) is 8.20. The van der Waals surface area contributed by atoms with Crippen LogP contribution in [0.4, 0.5) is 13.2 Å². The van der Waals surface area contributed by atoms with Crippen molar-refractivity contribution in [3.63, 3.8) is 0 Å². The second-order valence-corrected chi connectivity index (χ2v) is 6.14. The molecule has 1 aromatic rings. The number of phenols is 1.